The Morgan fingerprint density at radius 2 is 2.11 bits per heavy atom. The Labute approximate surface area is 112 Å². The van der Waals surface area contributed by atoms with Gasteiger partial charge in [0.1, 0.15) is 0 Å². The number of anilines is 1. The molecular formula is C10H9Cl2N5O. The number of aromatic nitrogens is 3. The molecule has 1 amide bonds. The molecule has 1 aromatic heterocycles. The van der Waals surface area contributed by atoms with Gasteiger partial charge in [-0.3, -0.25) is 4.79 Å². The van der Waals surface area contributed by atoms with Crippen molar-refractivity contribution in [2.75, 3.05) is 5.73 Å². The van der Waals surface area contributed by atoms with Crippen LogP contribution in [0.3, 0.4) is 0 Å². The Balaban J connectivity index is 2.32. The Bertz CT molecular complexity index is 610. The van der Waals surface area contributed by atoms with Crippen LogP contribution < -0.4 is 11.5 Å². The van der Waals surface area contributed by atoms with Gasteiger partial charge in [-0.1, -0.05) is 34.5 Å². The van der Waals surface area contributed by atoms with E-state index in [0.29, 0.717) is 10.0 Å². The zero-order valence-corrected chi connectivity index (χ0v) is 10.6. The van der Waals surface area contributed by atoms with Crippen molar-refractivity contribution in [2.24, 2.45) is 5.73 Å². The summed E-state index contributed by atoms with van der Waals surface area (Å²) in [5.41, 5.74) is 11.5. The number of benzene rings is 1. The molecule has 0 radical (unpaired) electrons. The van der Waals surface area contributed by atoms with Crippen LogP contribution in [0.2, 0.25) is 10.0 Å². The number of primary amides is 1. The van der Waals surface area contributed by atoms with Gasteiger partial charge in [-0.2, -0.15) is 0 Å². The fourth-order valence-corrected chi connectivity index (χ4v) is 1.89. The lowest BCUT2D eigenvalue weighted by Gasteiger charge is -2.05. The van der Waals surface area contributed by atoms with Crippen molar-refractivity contribution in [3.05, 3.63) is 39.5 Å². The van der Waals surface area contributed by atoms with Crippen LogP contribution in [-0.2, 0) is 6.54 Å². The van der Waals surface area contributed by atoms with Gasteiger partial charge < -0.3 is 11.5 Å². The Kier molecular flexibility index (Phi) is 3.40. The second-order valence-electron chi connectivity index (χ2n) is 3.58. The fourth-order valence-electron chi connectivity index (χ4n) is 1.42. The number of nitrogens with two attached hydrogens (primary N) is 2. The van der Waals surface area contributed by atoms with Gasteiger partial charge in [-0.25, -0.2) is 4.68 Å². The van der Waals surface area contributed by atoms with Crippen LogP contribution in [0.1, 0.15) is 16.1 Å². The third kappa shape index (κ3) is 2.39. The molecule has 0 spiro atoms. The summed E-state index contributed by atoms with van der Waals surface area (Å²) in [6.07, 6.45) is 0. The monoisotopic (exact) mass is 285 g/mol. The smallest absolute Gasteiger partial charge is 0.273 e. The minimum Gasteiger partial charge on any atom is -0.382 e. The maximum Gasteiger partial charge on any atom is 0.273 e. The maximum atomic E-state index is 11.0. The first-order chi connectivity index (χ1) is 8.49. The van der Waals surface area contributed by atoms with Crippen molar-refractivity contribution >= 4 is 34.9 Å². The van der Waals surface area contributed by atoms with Gasteiger partial charge in [-0.05, 0) is 17.7 Å². The number of carbonyl (C=O) groups is 1. The summed E-state index contributed by atoms with van der Waals surface area (Å²) in [6.45, 7) is 0.280. The molecule has 0 saturated carbocycles. The summed E-state index contributed by atoms with van der Waals surface area (Å²) >= 11 is 11.8. The van der Waals surface area contributed by atoms with Crippen molar-refractivity contribution in [1.29, 1.82) is 0 Å². The van der Waals surface area contributed by atoms with Crippen LogP contribution in [0.4, 0.5) is 5.82 Å². The number of halogens is 2. The van der Waals surface area contributed by atoms with E-state index in [1.165, 1.54) is 4.68 Å². The first-order valence-corrected chi connectivity index (χ1v) is 5.67. The molecule has 94 valence electrons. The van der Waals surface area contributed by atoms with Crippen molar-refractivity contribution < 1.29 is 4.79 Å². The van der Waals surface area contributed by atoms with E-state index in [4.69, 9.17) is 34.7 Å². The van der Waals surface area contributed by atoms with Gasteiger partial charge in [0.25, 0.3) is 5.91 Å². The van der Waals surface area contributed by atoms with E-state index >= 15 is 0 Å². The SMILES string of the molecule is NC(=O)c1nnn(Cc2ccc(Cl)cc2Cl)c1N. The molecule has 8 heteroatoms. The first-order valence-electron chi connectivity index (χ1n) is 4.91. The Hall–Kier alpha value is -1.79. The van der Waals surface area contributed by atoms with E-state index in [-0.39, 0.29) is 18.1 Å². The second kappa shape index (κ2) is 4.83. The van der Waals surface area contributed by atoms with Gasteiger partial charge in [0.2, 0.25) is 0 Å². The Morgan fingerprint density at radius 1 is 1.39 bits per heavy atom. The summed E-state index contributed by atoms with van der Waals surface area (Å²) < 4.78 is 1.34. The first kappa shape index (κ1) is 12.7. The quantitative estimate of drug-likeness (QED) is 0.888. The molecule has 1 heterocycles. The molecule has 2 aromatic rings. The summed E-state index contributed by atoms with van der Waals surface area (Å²) in [6, 6.07) is 5.06. The van der Waals surface area contributed by atoms with E-state index in [1.807, 2.05) is 0 Å². The lowest BCUT2D eigenvalue weighted by atomic mass is 10.2. The molecule has 2 rings (SSSR count). The molecule has 6 nitrogen and oxygen atoms in total. The minimum atomic E-state index is -0.721. The molecule has 0 aliphatic carbocycles. The third-order valence-corrected chi connectivity index (χ3v) is 2.93. The maximum absolute atomic E-state index is 11.0. The molecule has 0 fully saturated rings. The highest BCUT2D eigenvalue weighted by molar-refractivity contribution is 6.35. The molecule has 1 aromatic carbocycles. The zero-order valence-electron chi connectivity index (χ0n) is 9.10. The molecule has 0 aliphatic heterocycles. The third-order valence-electron chi connectivity index (χ3n) is 2.34. The zero-order chi connectivity index (χ0) is 13.3. The topological polar surface area (TPSA) is 99.8 Å². The van der Waals surface area contributed by atoms with Crippen molar-refractivity contribution in [1.82, 2.24) is 15.0 Å². The van der Waals surface area contributed by atoms with Crippen molar-refractivity contribution in [3.8, 4) is 0 Å². The predicted molar refractivity (Wildman–Crippen MR) is 68.5 cm³/mol. The number of hydrogen-bond acceptors (Lipinski definition) is 4. The number of amides is 1. The van der Waals surface area contributed by atoms with E-state index < -0.39 is 5.91 Å². The number of hydrogen-bond donors (Lipinski definition) is 2. The van der Waals surface area contributed by atoms with Gasteiger partial charge in [0.05, 0.1) is 6.54 Å². The number of nitrogens with zero attached hydrogens (tertiary/aromatic N) is 3. The highest BCUT2D eigenvalue weighted by Gasteiger charge is 2.15. The van der Waals surface area contributed by atoms with E-state index in [0.717, 1.165) is 5.56 Å². The lowest BCUT2D eigenvalue weighted by molar-refractivity contribution is 0.0996. The molecule has 0 saturated heterocycles. The summed E-state index contributed by atoms with van der Waals surface area (Å²) in [7, 11) is 0. The van der Waals surface area contributed by atoms with Crippen molar-refractivity contribution in [3.63, 3.8) is 0 Å². The summed E-state index contributed by atoms with van der Waals surface area (Å²) in [5, 5.41) is 8.37. The van der Waals surface area contributed by atoms with Crippen LogP contribution in [0.15, 0.2) is 18.2 Å². The van der Waals surface area contributed by atoms with Gasteiger partial charge >= 0.3 is 0 Å². The standard InChI is InChI=1S/C10H9Cl2N5O/c11-6-2-1-5(7(12)3-6)4-17-9(13)8(10(14)18)15-16-17/h1-3H,4,13H2,(H2,14,18). The van der Waals surface area contributed by atoms with Crippen LogP contribution in [0.5, 0.6) is 0 Å². The van der Waals surface area contributed by atoms with Crippen LogP contribution in [0, 0.1) is 0 Å². The van der Waals surface area contributed by atoms with E-state index in [9.17, 15) is 4.79 Å². The molecule has 4 N–H and O–H groups in total. The average Bonchev–Trinajstić information content (AvgIpc) is 2.64. The highest BCUT2D eigenvalue weighted by atomic mass is 35.5. The number of rotatable bonds is 3. The normalized spacial score (nSPS) is 10.6. The molecule has 0 aliphatic rings. The average molecular weight is 286 g/mol. The van der Waals surface area contributed by atoms with Gasteiger partial charge in [0.15, 0.2) is 11.5 Å². The van der Waals surface area contributed by atoms with Crippen LogP contribution in [0.25, 0.3) is 0 Å². The molecule has 0 atom stereocenters. The molecule has 18 heavy (non-hydrogen) atoms. The van der Waals surface area contributed by atoms with Crippen molar-refractivity contribution in [2.45, 2.75) is 6.54 Å². The summed E-state index contributed by atoms with van der Waals surface area (Å²) in [4.78, 5) is 11.0. The minimum absolute atomic E-state index is 0.0555. The predicted octanol–water partition coefficient (Wildman–Crippen LogP) is 1.31. The van der Waals surface area contributed by atoms with Gasteiger partial charge in [-0.15, -0.1) is 5.10 Å². The van der Waals surface area contributed by atoms with E-state index in [1.54, 1.807) is 18.2 Å². The molecule has 0 unspecified atom stereocenters. The molecule has 0 bridgehead atoms. The second-order valence-corrected chi connectivity index (χ2v) is 4.42. The molecular weight excluding hydrogens is 277 g/mol. The highest BCUT2D eigenvalue weighted by Crippen LogP contribution is 2.22. The summed E-state index contributed by atoms with van der Waals surface area (Å²) in [5.74, 6) is -0.616. The number of carbonyl (C=O) groups excluding carboxylic acids is 1. The van der Waals surface area contributed by atoms with Crippen LogP contribution in [-0.4, -0.2) is 20.9 Å². The number of nitrogen functional groups attached to an aromatic ring is 1. The van der Waals surface area contributed by atoms with Crippen LogP contribution >= 0.6 is 23.2 Å². The van der Waals surface area contributed by atoms with E-state index in [2.05, 4.69) is 10.3 Å². The fraction of sp³-hybridized carbons (Fsp3) is 0.100. The van der Waals surface area contributed by atoms with Gasteiger partial charge in [0, 0.05) is 10.0 Å². The Morgan fingerprint density at radius 3 is 2.67 bits per heavy atom. The lowest BCUT2D eigenvalue weighted by Crippen LogP contribution is -2.15. The largest absolute Gasteiger partial charge is 0.382 e.